The molecule has 1 aromatic heterocycles. The first-order valence-corrected chi connectivity index (χ1v) is 6.14. The van der Waals surface area contributed by atoms with Crippen LogP contribution in [0.3, 0.4) is 0 Å². The molecule has 2 rings (SSSR count). The van der Waals surface area contributed by atoms with Gasteiger partial charge in [-0.2, -0.15) is 0 Å². The Kier molecular flexibility index (Phi) is 3.71. The lowest BCUT2D eigenvalue weighted by molar-refractivity contribution is -0.0387. The van der Waals surface area contributed by atoms with E-state index in [1.54, 1.807) is 0 Å². The van der Waals surface area contributed by atoms with Crippen molar-refractivity contribution in [2.75, 3.05) is 0 Å². The van der Waals surface area contributed by atoms with E-state index in [2.05, 4.69) is 4.98 Å². The van der Waals surface area contributed by atoms with E-state index >= 15 is 0 Å². The van der Waals surface area contributed by atoms with Crippen molar-refractivity contribution in [3.05, 3.63) is 28.3 Å². The molecule has 1 aliphatic rings. The average Bonchev–Trinajstić information content (AvgIpc) is 2.30. The van der Waals surface area contributed by atoms with Gasteiger partial charge in [0.25, 0.3) is 0 Å². The fourth-order valence-corrected chi connectivity index (χ4v) is 2.49. The molecule has 1 fully saturated rings. The molecule has 0 unspecified atom stereocenters. The Labute approximate surface area is 112 Å². The number of rotatable bonds is 2. The van der Waals surface area contributed by atoms with Gasteiger partial charge in [0.15, 0.2) is 5.82 Å². The summed E-state index contributed by atoms with van der Waals surface area (Å²) in [4.78, 5) is 14.7. The summed E-state index contributed by atoms with van der Waals surface area (Å²) in [6.07, 6.45) is 0.527. The maximum absolute atomic E-state index is 14.0. The molecule has 1 aromatic rings. The molecule has 0 amide bonds. The second kappa shape index (κ2) is 5.00. The van der Waals surface area contributed by atoms with Crippen molar-refractivity contribution in [3.63, 3.8) is 0 Å². The van der Waals surface area contributed by atoms with Gasteiger partial charge in [-0.15, -0.1) is 0 Å². The van der Waals surface area contributed by atoms with Gasteiger partial charge < -0.3 is 5.11 Å². The monoisotopic (exact) mass is 293 g/mol. The Morgan fingerprint density at radius 1 is 1.42 bits per heavy atom. The van der Waals surface area contributed by atoms with E-state index in [0.717, 1.165) is 6.20 Å². The topological polar surface area (TPSA) is 50.2 Å². The molecule has 0 bridgehead atoms. The van der Waals surface area contributed by atoms with E-state index in [1.807, 2.05) is 0 Å². The maximum Gasteiger partial charge on any atom is 0.340 e. The third-order valence-corrected chi connectivity index (χ3v) is 3.60. The Morgan fingerprint density at radius 2 is 2.00 bits per heavy atom. The number of halogens is 4. The lowest BCUT2D eigenvalue weighted by atomic mass is 9.84. The number of alkyl halides is 2. The van der Waals surface area contributed by atoms with Gasteiger partial charge in [-0.3, -0.25) is 4.98 Å². The number of carbonyl (C=O) groups is 1. The normalized spacial score (nSPS) is 19.4. The molecular formula is C12H11ClF3NO2. The zero-order chi connectivity index (χ0) is 14.2. The van der Waals surface area contributed by atoms with E-state index < -0.39 is 29.2 Å². The first-order valence-electron chi connectivity index (χ1n) is 5.77. The van der Waals surface area contributed by atoms with Crippen LogP contribution in [0.15, 0.2) is 6.20 Å². The van der Waals surface area contributed by atoms with Crippen LogP contribution < -0.4 is 0 Å². The molecule has 0 radical (unpaired) electrons. The number of hydrogen-bond acceptors (Lipinski definition) is 2. The lowest BCUT2D eigenvalue weighted by Gasteiger charge is -2.28. The molecule has 0 aliphatic heterocycles. The van der Waals surface area contributed by atoms with Crippen molar-refractivity contribution in [1.29, 1.82) is 0 Å². The molecular weight excluding hydrogens is 283 g/mol. The van der Waals surface area contributed by atoms with E-state index in [0.29, 0.717) is 0 Å². The molecule has 1 saturated carbocycles. The van der Waals surface area contributed by atoms with Gasteiger partial charge in [0.2, 0.25) is 5.92 Å². The highest BCUT2D eigenvalue weighted by Crippen LogP contribution is 2.41. The maximum atomic E-state index is 14.0. The van der Waals surface area contributed by atoms with Crippen LogP contribution in [0.1, 0.15) is 47.7 Å². The summed E-state index contributed by atoms with van der Waals surface area (Å²) in [6, 6.07) is 0. The van der Waals surface area contributed by atoms with Gasteiger partial charge in [-0.1, -0.05) is 11.6 Å². The van der Waals surface area contributed by atoms with Gasteiger partial charge in [0.1, 0.15) is 5.56 Å². The average molecular weight is 294 g/mol. The third kappa shape index (κ3) is 2.83. The van der Waals surface area contributed by atoms with E-state index in [1.165, 1.54) is 0 Å². The van der Waals surface area contributed by atoms with Gasteiger partial charge in [-0.25, -0.2) is 18.0 Å². The minimum absolute atomic E-state index is 0.0810. The summed E-state index contributed by atoms with van der Waals surface area (Å²) in [7, 11) is 0. The van der Waals surface area contributed by atoms with Crippen LogP contribution >= 0.6 is 11.6 Å². The number of nitrogens with zero attached hydrogens (tertiary/aromatic N) is 1. The Morgan fingerprint density at radius 3 is 2.53 bits per heavy atom. The molecule has 1 aliphatic carbocycles. The molecule has 7 heteroatoms. The SMILES string of the molecule is O=C(O)c1c(Cl)cnc(C2CCC(F)(F)CC2)c1F. The van der Waals surface area contributed by atoms with Crippen LogP contribution in [0.4, 0.5) is 13.2 Å². The fourth-order valence-electron chi connectivity index (χ4n) is 2.27. The van der Waals surface area contributed by atoms with E-state index in [4.69, 9.17) is 16.7 Å². The highest BCUT2D eigenvalue weighted by Gasteiger charge is 2.37. The Balaban J connectivity index is 2.32. The van der Waals surface area contributed by atoms with Crippen LogP contribution in [-0.2, 0) is 0 Å². The van der Waals surface area contributed by atoms with Gasteiger partial charge in [0, 0.05) is 25.0 Å². The van der Waals surface area contributed by atoms with Crippen molar-refractivity contribution in [1.82, 2.24) is 4.98 Å². The van der Waals surface area contributed by atoms with Crippen LogP contribution in [0.5, 0.6) is 0 Å². The van der Waals surface area contributed by atoms with Crippen molar-refractivity contribution in [3.8, 4) is 0 Å². The number of carboxylic acids is 1. The predicted molar refractivity (Wildman–Crippen MR) is 62.3 cm³/mol. The molecule has 1 N–H and O–H groups in total. The van der Waals surface area contributed by atoms with Gasteiger partial charge in [0.05, 0.1) is 10.7 Å². The van der Waals surface area contributed by atoms with Crippen LogP contribution in [0, 0.1) is 5.82 Å². The smallest absolute Gasteiger partial charge is 0.340 e. The lowest BCUT2D eigenvalue weighted by Crippen LogP contribution is -2.25. The zero-order valence-corrected chi connectivity index (χ0v) is 10.6. The summed E-state index contributed by atoms with van der Waals surface area (Å²) in [5.74, 6) is -5.73. The van der Waals surface area contributed by atoms with Crippen molar-refractivity contribution < 1.29 is 23.1 Å². The zero-order valence-electron chi connectivity index (χ0n) is 9.80. The van der Waals surface area contributed by atoms with E-state index in [-0.39, 0.29) is 36.4 Å². The molecule has 3 nitrogen and oxygen atoms in total. The quantitative estimate of drug-likeness (QED) is 0.900. The molecule has 0 saturated heterocycles. The molecule has 1 heterocycles. The first kappa shape index (κ1) is 14.1. The largest absolute Gasteiger partial charge is 0.478 e. The van der Waals surface area contributed by atoms with Crippen molar-refractivity contribution in [2.24, 2.45) is 0 Å². The minimum Gasteiger partial charge on any atom is -0.478 e. The van der Waals surface area contributed by atoms with Crippen LogP contribution in [0.2, 0.25) is 5.02 Å². The summed E-state index contributed by atoms with van der Waals surface area (Å²) in [6.45, 7) is 0. The van der Waals surface area contributed by atoms with E-state index in [9.17, 15) is 18.0 Å². The van der Waals surface area contributed by atoms with Gasteiger partial charge in [-0.05, 0) is 12.8 Å². The van der Waals surface area contributed by atoms with Crippen molar-refractivity contribution >= 4 is 17.6 Å². The molecule has 0 aromatic carbocycles. The molecule has 19 heavy (non-hydrogen) atoms. The first-order chi connectivity index (χ1) is 8.82. The summed E-state index contributed by atoms with van der Waals surface area (Å²) < 4.78 is 40.1. The fraction of sp³-hybridized carbons (Fsp3) is 0.500. The Bertz CT molecular complexity index is 512. The summed E-state index contributed by atoms with van der Waals surface area (Å²) in [5.41, 5.74) is -0.735. The highest BCUT2D eigenvalue weighted by molar-refractivity contribution is 6.33. The number of aromatic carboxylic acids is 1. The second-order valence-corrected chi connectivity index (χ2v) is 5.02. The summed E-state index contributed by atoms with van der Waals surface area (Å²) >= 11 is 5.58. The number of carboxylic acid groups (broad SMARTS) is 1. The van der Waals surface area contributed by atoms with Crippen molar-refractivity contribution in [2.45, 2.75) is 37.5 Å². The minimum atomic E-state index is -2.73. The molecule has 104 valence electrons. The molecule has 0 atom stereocenters. The predicted octanol–water partition coefficient (Wildman–Crippen LogP) is 3.87. The van der Waals surface area contributed by atoms with Crippen LogP contribution in [-0.4, -0.2) is 22.0 Å². The number of hydrogen-bond donors (Lipinski definition) is 1. The summed E-state index contributed by atoms with van der Waals surface area (Å²) in [5, 5.41) is 8.58. The van der Waals surface area contributed by atoms with Gasteiger partial charge >= 0.3 is 5.97 Å². The number of pyridine rings is 1. The Hall–Kier alpha value is -1.30. The third-order valence-electron chi connectivity index (χ3n) is 3.32. The van der Waals surface area contributed by atoms with Crippen LogP contribution in [0.25, 0.3) is 0 Å². The second-order valence-electron chi connectivity index (χ2n) is 4.62. The highest BCUT2D eigenvalue weighted by atomic mass is 35.5. The standard InChI is InChI=1S/C12H11ClF3NO2/c13-7-5-17-10(9(14)8(7)11(18)19)6-1-3-12(15,16)4-2-6/h5-6H,1-4H2,(H,18,19). The number of aromatic nitrogens is 1. The molecule has 0 spiro atoms.